The van der Waals surface area contributed by atoms with Crippen molar-refractivity contribution < 1.29 is 9.21 Å². The minimum Gasteiger partial charge on any atom is -0.464 e. The first-order valence-corrected chi connectivity index (χ1v) is 11.3. The Balaban J connectivity index is 1.20. The van der Waals surface area contributed by atoms with Crippen LogP contribution in [0.5, 0.6) is 0 Å². The summed E-state index contributed by atoms with van der Waals surface area (Å²) in [6.45, 7) is 7.95. The molecule has 2 atom stereocenters. The molecule has 0 N–H and O–H groups in total. The van der Waals surface area contributed by atoms with Gasteiger partial charge in [-0.15, -0.1) is 0 Å². The minimum atomic E-state index is 0.206. The zero-order chi connectivity index (χ0) is 22.1. The van der Waals surface area contributed by atoms with Gasteiger partial charge in [0, 0.05) is 56.0 Å². The Morgan fingerprint density at radius 1 is 1.16 bits per heavy atom. The summed E-state index contributed by atoms with van der Waals surface area (Å²) in [5, 5.41) is 1.12. The molecule has 1 fully saturated rings. The largest absolute Gasteiger partial charge is 0.464 e. The Morgan fingerprint density at radius 3 is 2.72 bits per heavy atom. The van der Waals surface area contributed by atoms with Gasteiger partial charge in [0.05, 0.1) is 19.0 Å². The third-order valence-electron chi connectivity index (χ3n) is 6.68. The van der Waals surface area contributed by atoms with Crippen LogP contribution in [0.15, 0.2) is 59.6 Å². The van der Waals surface area contributed by atoms with Gasteiger partial charge in [-0.1, -0.05) is 12.1 Å². The van der Waals surface area contributed by atoms with Crippen molar-refractivity contribution in [3.05, 3.63) is 60.8 Å². The second-order valence-corrected chi connectivity index (χ2v) is 8.83. The summed E-state index contributed by atoms with van der Waals surface area (Å²) < 4.78 is 5.44. The number of anilines is 1. The van der Waals surface area contributed by atoms with Crippen molar-refractivity contribution in [1.29, 1.82) is 0 Å². The first-order valence-electron chi connectivity index (χ1n) is 11.3. The van der Waals surface area contributed by atoms with E-state index < -0.39 is 0 Å². The average molecular weight is 432 g/mol. The molecule has 1 amide bonds. The Morgan fingerprint density at radius 2 is 2.00 bits per heavy atom. The average Bonchev–Trinajstić information content (AvgIpc) is 3.30. The quantitative estimate of drug-likeness (QED) is 0.631. The van der Waals surface area contributed by atoms with E-state index in [4.69, 9.17) is 4.42 Å². The van der Waals surface area contributed by atoms with E-state index >= 15 is 0 Å². The Hall–Kier alpha value is -3.19. The topological polar surface area (TPSA) is 65.7 Å². The zero-order valence-corrected chi connectivity index (χ0v) is 18.6. The summed E-state index contributed by atoms with van der Waals surface area (Å²) in [4.78, 5) is 28.3. The molecule has 4 heterocycles. The maximum Gasteiger partial charge on any atom is 0.237 e. The molecule has 0 saturated carbocycles. The predicted molar refractivity (Wildman–Crippen MR) is 125 cm³/mol. The summed E-state index contributed by atoms with van der Waals surface area (Å²) >= 11 is 0. The fourth-order valence-corrected chi connectivity index (χ4v) is 4.89. The van der Waals surface area contributed by atoms with Gasteiger partial charge >= 0.3 is 0 Å². The molecule has 7 nitrogen and oxygen atoms in total. The number of carbonyl (C=O) groups excluding carboxylic acids is 1. The van der Waals surface area contributed by atoms with Crippen molar-refractivity contribution >= 4 is 28.3 Å². The van der Waals surface area contributed by atoms with E-state index in [0.29, 0.717) is 13.1 Å². The van der Waals surface area contributed by atoms with Gasteiger partial charge in [0.1, 0.15) is 11.4 Å². The van der Waals surface area contributed by atoms with Gasteiger partial charge in [-0.05, 0) is 49.6 Å². The summed E-state index contributed by atoms with van der Waals surface area (Å²) in [5.41, 5.74) is 3.43. The van der Waals surface area contributed by atoms with Crippen molar-refractivity contribution in [1.82, 2.24) is 19.8 Å². The van der Waals surface area contributed by atoms with Gasteiger partial charge in [0.15, 0.2) is 0 Å². The van der Waals surface area contributed by atoms with Gasteiger partial charge < -0.3 is 14.2 Å². The van der Waals surface area contributed by atoms with Crippen LogP contribution in [0.3, 0.4) is 0 Å². The SMILES string of the molecule is CC1CN(c2cnccn2)CC(C)N1CC(=O)N1CC=C(c2ccc3occc3c2)CC1. The van der Waals surface area contributed by atoms with E-state index in [2.05, 4.69) is 51.8 Å². The number of furan rings is 1. The Labute approximate surface area is 188 Å². The molecule has 0 radical (unpaired) electrons. The molecule has 3 aromatic rings. The molecule has 0 spiro atoms. The van der Waals surface area contributed by atoms with Crippen LogP contribution >= 0.6 is 0 Å². The normalized spacial score (nSPS) is 22.2. The molecule has 32 heavy (non-hydrogen) atoms. The molecule has 1 saturated heterocycles. The fraction of sp³-hybridized carbons (Fsp3) is 0.400. The highest BCUT2D eigenvalue weighted by atomic mass is 16.3. The monoisotopic (exact) mass is 431 g/mol. The van der Waals surface area contributed by atoms with Crippen LogP contribution in [0.2, 0.25) is 0 Å². The summed E-state index contributed by atoms with van der Waals surface area (Å²) in [7, 11) is 0. The second-order valence-electron chi connectivity index (χ2n) is 8.83. The number of aromatic nitrogens is 2. The van der Waals surface area contributed by atoms with E-state index in [1.165, 1.54) is 11.1 Å². The lowest BCUT2D eigenvalue weighted by molar-refractivity contribution is -0.133. The molecule has 2 aromatic heterocycles. The number of hydrogen-bond donors (Lipinski definition) is 0. The molecule has 0 bridgehead atoms. The van der Waals surface area contributed by atoms with E-state index in [0.717, 1.165) is 42.8 Å². The molecule has 7 heteroatoms. The summed E-state index contributed by atoms with van der Waals surface area (Å²) in [6, 6.07) is 8.82. The third-order valence-corrected chi connectivity index (χ3v) is 6.68. The van der Waals surface area contributed by atoms with Crippen LogP contribution in [-0.4, -0.2) is 70.5 Å². The van der Waals surface area contributed by atoms with Crippen molar-refractivity contribution in [2.24, 2.45) is 0 Å². The third kappa shape index (κ3) is 4.12. The fourth-order valence-electron chi connectivity index (χ4n) is 4.89. The highest BCUT2D eigenvalue weighted by Gasteiger charge is 2.32. The van der Waals surface area contributed by atoms with E-state index in [1.54, 1.807) is 18.7 Å². The highest BCUT2D eigenvalue weighted by molar-refractivity contribution is 5.84. The lowest BCUT2D eigenvalue weighted by Gasteiger charge is -2.45. The first-order chi connectivity index (χ1) is 15.6. The van der Waals surface area contributed by atoms with Crippen molar-refractivity contribution in [3.8, 4) is 0 Å². The van der Waals surface area contributed by atoms with Crippen molar-refractivity contribution in [2.75, 3.05) is 37.6 Å². The maximum atomic E-state index is 13.1. The molecular formula is C25H29N5O2. The molecule has 2 aliphatic heterocycles. The summed E-state index contributed by atoms with van der Waals surface area (Å²) in [6.07, 6.45) is 10.0. The lowest BCUT2D eigenvalue weighted by atomic mass is 9.98. The predicted octanol–water partition coefficient (Wildman–Crippen LogP) is 3.44. The number of fused-ring (bicyclic) bond motifs is 1. The van der Waals surface area contributed by atoms with Gasteiger partial charge in [-0.25, -0.2) is 4.98 Å². The number of amides is 1. The van der Waals surface area contributed by atoms with Crippen LogP contribution in [0.4, 0.5) is 5.82 Å². The maximum absolute atomic E-state index is 13.1. The molecule has 1 aromatic carbocycles. The molecule has 2 aliphatic rings. The Bertz CT molecular complexity index is 1110. The standard InChI is InChI=1S/C25H29N5O2/c1-18-15-29(24-14-26-8-9-27-24)16-19(2)30(18)17-25(31)28-10-5-20(6-11-28)21-3-4-23-22(13-21)7-12-32-23/h3-5,7-9,12-14,18-19H,6,10-11,15-17H2,1-2H3. The lowest BCUT2D eigenvalue weighted by Crippen LogP contribution is -2.59. The van der Waals surface area contributed by atoms with E-state index in [9.17, 15) is 4.79 Å². The van der Waals surface area contributed by atoms with Crippen LogP contribution in [-0.2, 0) is 4.79 Å². The van der Waals surface area contributed by atoms with Gasteiger partial charge in [0.25, 0.3) is 0 Å². The van der Waals surface area contributed by atoms with Gasteiger partial charge in [-0.3, -0.25) is 14.7 Å². The van der Waals surface area contributed by atoms with Crippen LogP contribution in [0, 0.1) is 0 Å². The minimum absolute atomic E-state index is 0.206. The number of nitrogens with zero attached hydrogens (tertiary/aromatic N) is 5. The smallest absolute Gasteiger partial charge is 0.237 e. The number of piperazine rings is 1. The first kappa shape index (κ1) is 20.7. The zero-order valence-electron chi connectivity index (χ0n) is 18.6. The number of carbonyl (C=O) groups is 1. The Kier molecular flexibility index (Phi) is 5.66. The van der Waals surface area contributed by atoms with Crippen molar-refractivity contribution in [3.63, 3.8) is 0 Å². The van der Waals surface area contributed by atoms with Gasteiger partial charge in [-0.2, -0.15) is 0 Å². The molecule has 5 rings (SSSR count). The molecule has 166 valence electrons. The highest BCUT2D eigenvalue weighted by Crippen LogP contribution is 2.27. The van der Waals surface area contributed by atoms with E-state index in [1.807, 2.05) is 23.2 Å². The summed E-state index contributed by atoms with van der Waals surface area (Å²) in [5.74, 6) is 1.11. The second kappa shape index (κ2) is 8.74. The molecule has 2 unspecified atom stereocenters. The van der Waals surface area contributed by atoms with Gasteiger partial charge in [0.2, 0.25) is 5.91 Å². The number of hydrogen-bond acceptors (Lipinski definition) is 6. The van der Waals surface area contributed by atoms with Crippen molar-refractivity contribution in [2.45, 2.75) is 32.4 Å². The number of benzene rings is 1. The molecular weight excluding hydrogens is 402 g/mol. The van der Waals surface area contributed by atoms with Crippen LogP contribution < -0.4 is 4.90 Å². The van der Waals surface area contributed by atoms with Crippen LogP contribution in [0.25, 0.3) is 16.5 Å². The van der Waals surface area contributed by atoms with E-state index in [-0.39, 0.29) is 18.0 Å². The number of rotatable bonds is 4. The van der Waals surface area contributed by atoms with Crippen LogP contribution in [0.1, 0.15) is 25.8 Å². The molecule has 0 aliphatic carbocycles.